The Labute approximate surface area is 366 Å². The highest BCUT2D eigenvalue weighted by Gasteiger charge is 2.17. The van der Waals surface area contributed by atoms with Crippen molar-refractivity contribution in [3.05, 3.63) is 79.5 Å². The molecule has 2 bridgehead atoms. The van der Waals surface area contributed by atoms with E-state index in [2.05, 4.69) is 13.8 Å². The number of carbonyl (C=O) groups excluding carboxylic acids is 1. The summed E-state index contributed by atoms with van der Waals surface area (Å²) in [4.78, 5) is 56.8. The van der Waals surface area contributed by atoms with Gasteiger partial charge in [-0.05, 0) is 73.2 Å². The summed E-state index contributed by atoms with van der Waals surface area (Å²) in [5, 5.41) is 10.5. The van der Waals surface area contributed by atoms with Gasteiger partial charge in [0.2, 0.25) is 0 Å². The Bertz CT molecular complexity index is 1790. The largest absolute Gasteiger partial charge is 0.478 e. The van der Waals surface area contributed by atoms with Gasteiger partial charge in [-0.2, -0.15) is 0 Å². The van der Waals surface area contributed by atoms with Crippen LogP contribution in [0.25, 0.3) is 10.8 Å². The average Bonchev–Trinajstić information content (AvgIpc) is 3.33. The molecule has 0 fully saturated rings. The predicted octanol–water partition coefficient (Wildman–Crippen LogP) is 14.7. The Hall–Kier alpha value is -3.88. The normalized spacial score (nSPS) is 11.4. The molecule has 0 radical (unpaired) electrons. The third-order valence-electron chi connectivity index (χ3n) is 12.2. The first-order chi connectivity index (χ1) is 29.8. The second kappa shape index (κ2) is 32.8. The molecule has 61 heavy (non-hydrogen) atoms. The summed E-state index contributed by atoms with van der Waals surface area (Å²) in [6.45, 7) is 4.52. The lowest BCUT2D eigenvalue weighted by Gasteiger charge is -2.09. The van der Waals surface area contributed by atoms with Crippen molar-refractivity contribution >= 4 is 22.7 Å². The zero-order chi connectivity index (χ0) is 43.8. The van der Waals surface area contributed by atoms with Crippen molar-refractivity contribution in [2.45, 2.75) is 232 Å². The number of benzene rings is 2. The van der Waals surface area contributed by atoms with Crippen LogP contribution in [-0.2, 0) is 12.8 Å². The van der Waals surface area contributed by atoms with Crippen LogP contribution in [0.15, 0.2) is 55.0 Å². The highest BCUT2D eigenvalue weighted by atomic mass is 17.0. The summed E-state index contributed by atoms with van der Waals surface area (Å²) in [7, 11) is 0. The molecule has 0 amide bonds. The Morgan fingerprint density at radius 3 is 1.31 bits per heavy atom. The van der Waals surface area contributed by atoms with E-state index in [9.17, 15) is 24.3 Å². The molecule has 0 saturated carbocycles. The van der Waals surface area contributed by atoms with E-state index in [1.54, 1.807) is 12.1 Å². The molecule has 2 aromatic carbocycles. The van der Waals surface area contributed by atoms with Gasteiger partial charge < -0.3 is 5.11 Å². The Morgan fingerprint density at radius 1 is 0.492 bits per heavy atom. The molecule has 4 aromatic rings. The summed E-state index contributed by atoms with van der Waals surface area (Å²) in [5.41, 5.74) is -0.287. The Morgan fingerprint density at radius 2 is 0.885 bits per heavy atom. The lowest BCUT2D eigenvalue weighted by atomic mass is 9.98. The van der Waals surface area contributed by atoms with Crippen LogP contribution >= 0.6 is 0 Å². The highest BCUT2D eigenvalue weighted by Crippen LogP contribution is 2.20. The zero-order valence-corrected chi connectivity index (χ0v) is 38.3. The zero-order valence-electron chi connectivity index (χ0n) is 38.3. The van der Waals surface area contributed by atoms with Gasteiger partial charge in [-0.1, -0.05) is 206 Å². The van der Waals surface area contributed by atoms with Crippen LogP contribution in [0.3, 0.4) is 0 Å². The van der Waals surface area contributed by atoms with E-state index in [1.165, 1.54) is 185 Å². The number of aromatic nitrogens is 1. The fourth-order valence-electron chi connectivity index (χ4n) is 8.40. The SMILES string of the molecule is CCCCCCCCCCCCCCCCCCc1cc(C(=O)On2oc(=O)c3ccc(c(CCCCCCCCCCCCCCCCCC)c3)c(=O)o2)ccc1C(=O)O. The number of hydrogen-bond donors (Lipinski definition) is 1. The number of carboxylic acid groups (broad SMARTS) is 1. The first-order valence-corrected chi connectivity index (χ1v) is 24.8. The third-order valence-corrected chi connectivity index (χ3v) is 12.2. The average molecular weight is 848 g/mol. The number of carbonyl (C=O) groups is 2. The Balaban J connectivity index is 1.41. The maximum absolute atomic E-state index is 13.3. The molecule has 0 aliphatic carbocycles. The minimum Gasteiger partial charge on any atom is -0.478 e. The van der Waals surface area contributed by atoms with Crippen molar-refractivity contribution < 1.29 is 28.6 Å². The van der Waals surface area contributed by atoms with Crippen molar-refractivity contribution in [3.63, 3.8) is 0 Å². The molecule has 4 rings (SSSR count). The molecule has 1 N–H and O–H groups in total. The van der Waals surface area contributed by atoms with Gasteiger partial charge in [0.05, 0.1) is 21.9 Å². The number of nitrogens with zero attached hydrogens (tertiary/aromatic N) is 1. The summed E-state index contributed by atoms with van der Waals surface area (Å²) >= 11 is 0. The van der Waals surface area contributed by atoms with Gasteiger partial charge in [0.1, 0.15) is 0 Å². The number of carboxylic acids is 1. The minimum absolute atomic E-state index is 0.0483. The molecular formula is C52H81NO8. The van der Waals surface area contributed by atoms with Gasteiger partial charge in [-0.25, -0.2) is 19.2 Å². The fourth-order valence-corrected chi connectivity index (χ4v) is 8.40. The number of aryl methyl sites for hydroxylation is 2. The standard InChI is InChI=1S/C52H81NO8/c1-3-5-7-9-11-13-15-17-19-21-23-25-27-29-31-33-35-43-41-45(37-39-47(43)49(54)55)50(56)59-53-60-51(57)46-38-40-48(52(58)61-53)44(42-46)36-34-32-30-28-26-24-22-20-18-16-14-12-10-8-6-4-2/h37-42H,3-36H2,1-2H3,(H,54,55). The van der Waals surface area contributed by atoms with Gasteiger partial charge in [0.25, 0.3) is 0 Å². The van der Waals surface area contributed by atoms with Crippen molar-refractivity contribution in [3.8, 4) is 0 Å². The second-order valence-electron chi connectivity index (χ2n) is 17.5. The lowest BCUT2D eigenvalue weighted by Crippen LogP contribution is -2.23. The van der Waals surface area contributed by atoms with Crippen molar-refractivity contribution in [1.82, 2.24) is 5.08 Å². The number of unbranched alkanes of at least 4 members (excludes halogenated alkanes) is 30. The summed E-state index contributed by atoms with van der Waals surface area (Å²) in [6.07, 6.45) is 41.4. The quantitative estimate of drug-likeness (QED) is 0.0568. The van der Waals surface area contributed by atoms with Crippen LogP contribution in [0, 0.1) is 0 Å². The molecular weight excluding hydrogens is 767 g/mol. The first-order valence-electron chi connectivity index (χ1n) is 24.8. The molecule has 0 unspecified atom stereocenters. The molecule has 2 heterocycles. The summed E-state index contributed by atoms with van der Waals surface area (Å²) in [6, 6.07) is 8.89. The molecule has 0 atom stereocenters. The number of fused-ring (bicyclic) bond motifs is 6. The molecule has 0 aliphatic heterocycles. The monoisotopic (exact) mass is 848 g/mol. The number of hydrogen-bond acceptors (Lipinski definition) is 7. The topological polar surface area (TPSA) is 129 Å². The van der Waals surface area contributed by atoms with Crippen LogP contribution in [0.1, 0.15) is 251 Å². The van der Waals surface area contributed by atoms with Crippen LogP contribution in [0.4, 0.5) is 0 Å². The van der Waals surface area contributed by atoms with E-state index in [0.717, 1.165) is 44.9 Å². The van der Waals surface area contributed by atoms with Gasteiger partial charge in [-0.15, -0.1) is 0 Å². The molecule has 342 valence electrons. The van der Waals surface area contributed by atoms with Gasteiger partial charge in [0, 0.05) is 0 Å². The highest BCUT2D eigenvalue weighted by molar-refractivity contribution is 5.94. The fraction of sp³-hybridized carbons (Fsp3) is 0.692. The van der Waals surface area contributed by atoms with E-state index < -0.39 is 23.2 Å². The van der Waals surface area contributed by atoms with Crippen LogP contribution in [0.2, 0.25) is 0 Å². The smallest absolute Gasteiger partial charge is 0.370 e. The number of rotatable bonds is 37. The molecule has 0 saturated heterocycles. The molecule has 0 aliphatic rings. The molecule has 9 heteroatoms. The molecule has 0 spiro atoms. The van der Waals surface area contributed by atoms with Gasteiger partial charge in [0.15, 0.2) is 5.08 Å². The van der Waals surface area contributed by atoms with E-state index >= 15 is 0 Å². The van der Waals surface area contributed by atoms with Crippen LogP contribution < -0.4 is 16.1 Å². The third kappa shape index (κ3) is 22.2. The van der Waals surface area contributed by atoms with E-state index in [1.807, 2.05) is 0 Å². The van der Waals surface area contributed by atoms with E-state index in [-0.39, 0.29) is 27.0 Å². The van der Waals surface area contributed by atoms with Crippen LogP contribution in [0.5, 0.6) is 0 Å². The van der Waals surface area contributed by atoms with Crippen molar-refractivity contribution in [2.24, 2.45) is 0 Å². The minimum atomic E-state index is -1.07. The van der Waals surface area contributed by atoms with Gasteiger partial charge in [-0.3, -0.25) is 13.9 Å². The van der Waals surface area contributed by atoms with Crippen molar-refractivity contribution in [1.29, 1.82) is 0 Å². The predicted molar refractivity (Wildman–Crippen MR) is 249 cm³/mol. The van der Waals surface area contributed by atoms with E-state index in [4.69, 9.17) is 13.9 Å². The molecule has 9 nitrogen and oxygen atoms in total. The maximum atomic E-state index is 13.3. The lowest BCUT2D eigenvalue weighted by molar-refractivity contribution is -0.130. The van der Waals surface area contributed by atoms with Crippen LogP contribution in [-0.4, -0.2) is 22.1 Å². The first kappa shape index (κ1) is 51.5. The maximum Gasteiger partial charge on any atom is 0.370 e. The Kier molecular flexibility index (Phi) is 27.7. The summed E-state index contributed by atoms with van der Waals surface area (Å²) < 4.78 is 10.4. The van der Waals surface area contributed by atoms with E-state index in [0.29, 0.717) is 24.0 Å². The number of aromatic carboxylic acids is 1. The molecule has 2 aromatic heterocycles. The van der Waals surface area contributed by atoms with Gasteiger partial charge >= 0.3 is 23.2 Å². The van der Waals surface area contributed by atoms with Crippen molar-refractivity contribution in [2.75, 3.05) is 0 Å². The summed E-state index contributed by atoms with van der Waals surface area (Å²) in [5.74, 6) is -2.03. The second-order valence-corrected chi connectivity index (χ2v) is 17.5.